The summed E-state index contributed by atoms with van der Waals surface area (Å²) >= 11 is 0. The van der Waals surface area contributed by atoms with Gasteiger partial charge in [0.1, 0.15) is 0 Å². The van der Waals surface area contributed by atoms with Crippen LogP contribution < -0.4 is 0 Å². The van der Waals surface area contributed by atoms with E-state index >= 15 is 0 Å². The van der Waals surface area contributed by atoms with E-state index in [0.29, 0.717) is 5.56 Å². The van der Waals surface area contributed by atoms with Gasteiger partial charge in [-0.15, -0.1) is 0 Å². The second kappa shape index (κ2) is 4.73. The van der Waals surface area contributed by atoms with Crippen LogP contribution in [0.15, 0.2) is 48.2 Å². The number of Topliss-reactive ketones (excluding diaryl/α,β-unsaturated/α-hetero) is 1. The highest BCUT2D eigenvalue weighted by Crippen LogP contribution is 2.22. The Labute approximate surface area is 106 Å². The number of rotatable bonds is 2. The van der Waals surface area contributed by atoms with Gasteiger partial charge in [0.15, 0.2) is 5.78 Å². The first-order valence-corrected chi connectivity index (χ1v) is 6.43. The highest BCUT2D eigenvalue weighted by molar-refractivity contribution is 6.09. The van der Waals surface area contributed by atoms with Crippen molar-refractivity contribution in [1.82, 2.24) is 4.98 Å². The zero-order valence-electron chi connectivity index (χ0n) is 10.2. The van der Waals surface area contributed by atoms with Gasteiger partial charge in [0.25, 0.3) is 0 Å². The van der Waals surface area contributed by atoms with Crippen molar-refractivity contribution in [3.05, 3.63) is 53.7 Å². The van der Waals surface area contributed by atoms with E-state index in [1.54, 1.807) is 6.20 Å². The Morgan fingerprint density at radius 2 is 2.06 bits per heavy atom. The van der Waals surface area contributed by atoms with Gasteiger partial charge in [-0.3, -0.25) is 9.78 Å². The molecule has 0 bridgehead atoms. The molecule has 0 atom stereocenters. The van der Waals surface area contributed by atoms with Crippen LogP contribution in [0.2, 0.25) is 0 Å². The van der Waals surface area contributed by atoms with Gasteiger partial charge >= 0.3 is 0 Å². The molecule has 0 amide bonds. The number of carbonyl (C=O) groups excluding carboxylic acids is 1. The van der Waals surface area contributed by atoms with Crippen molar-refractivity contribution in [2.24, 2.45) is 0 Å². The number of hydrogen-bond donors (Lipinski definition) is 0. The fraction of sp³-hybridized carbons (Fsp3) is 0.250. The molecule has 0 N–H and O–H groups in total. The number of fused-ring (bicyclic) bond motifs is 1. The van der Waals surface area contributed by atoms with Crippen molar-refractivity contribution in [2.45, 2.75) is 25.7 Å². The van der Waals surface area contributed by atoms with Crippen LogP contribution in [0.1, 0.15) is 36.0 Å². The van der Waals surface area contributed by atoms with Crippen molar-refractivity contribution < 1.29 is 4.79 Å². The Hall–Kier alpha value is -1.96. The standard InChI is InChI=1S/C16H15NO/c18-16(12-6-2-1-3-7-12)14-10-13-8-4-5-9-15(13)17-11-14/h4-6,8-11H,1-3,7H2. The second-order valence-electron chi connectivity index (χ2n) is 4.72. The van der Waals surface area contributed by atoms with Crippen LogP contribution in [0.25, 0.3) is 10.9 Å². The molecule has 0 spiro atoms. The lowest BCUT2D eigenvalue weighted by atomic mass is 9.93. The number of benzene rings is 1. The molecule has 2 aromatic rings. The van der Waals surface area contributed by atoms with Crippen LogP contribution >= 0.6 is 0 Å². The maximum Gasteiger partial charge on any atom is 0.190 e. The molecule has 0 saturated heterocycles. The van der Waals surface area contributed by atoms with Crippen molar-refractivity contribution in [3.8, 4) is 0 Å². The summed E-state index contributed by atoms with van der Waals surface area (Å²) in [6.07, 6.45) is 8.04. The SMILES string of the molecule is O=C(C1=CCCCC1)c1cnc2ccccc2c1. The minimum absolute atomic E-state index is 0.146. The van der Waals surface area contributed by atoms with Gasteiger partial charge in [-0.1, -0.05) is 24.3 Å². The van der Waals surface area contributed by atoms with E-state index < -0.39 is 0 Å². The molecular formula is C16H15NO. The van der Waals surface area contributed by atoms with E-state index in [4.69, 9.17) is 0 Å². The highest BCUT2D eigenvalue weighted by Gasteiger charge is 2.14. The topological polar surface area (TPSA) is 30.0 Å². The molecule has 1 aromatic carbocycles. The Kier molecular flexibility index (Phi) is 2.93. The predicted molar refractivity (Wildman–Crippen MR) is 72.6 cm³/mol. The fourth-order valence-electron chi connectivity index (χ4n) is 2.42. The van der Waals surface area contributed by atoms with Crippen molar-refractivity contribution >= 4 is 16.7 Å². The molecule has 1 aromatic heterocycles. The third kappa shape index (κ3) is 2.06. The summed E-state index contributed by atoms with van der Waals surface area (Å²) in [5, 5.41) is 1.03. The first kappa shape index (κ1) is 11.1. The zero-order chi connectivity index (χ0) is 12.4. The summed E-state index contributed by atoms with van der Waals surface area (Å²) < 4.78 is 0. The first-order chi connectivity index (χ1) is 8.84. The minimum atomic E-state index is 0.146. The third-order valence-electron chi connectivity index (χ3n) is 3.44. The lowest BCUT2D eigenvalue weighted by Gasteiger charge is -2.11. The molecule has 0 radical (unpaired) electrons. The molecule has 0 fully saturated rings. The number of pyridine rings is 1. The lowest BCUT2D eigenvalue weighted by Crippen LogP contribution is -2.06. The molecule has 2 nitrogen and oxygen atoms in total. The molecule has 3 rings (SSSR count). The maximum absolute atomic E-state index is 12.3. The molecule has 1 heterocycles. The number of hydrogen-bond acceptors (Lipinski definition) is 2. The van der Waals surface area contributed by atoms with Crippen LogP contribution in [0, 0.1) is 0 Å². The zero-order valence-corrected chi connectivity index (χ0v) is 10.2. The number of para-hydroxylation sites is 1. The quantitative estimate of drug-likeness (QED) is 0.741. The summed E-state index contributed by atoms with van der Waals surface area (Å²) in [6, 6.07) is 9.83. The second-order valence-corrected chi connectivity index (χ2v) is 4.72. The smallest absolute Gasteiger partial charge is 0.190 e. The Bertz CT molecular complexity index is 628. The molecule has 2 heteroatoms. The third-order valence-corrected chi connectivity index (χ3v) is 3.44. The van der Waals surface area contributed by atoms with Gasteiger partial charge in [-0.2, -0.15) is 0 Å². The average Bonchev–Trinajstić information content (AvgIpc) is 2.47. The van der Waals surface area contributed by atoms with Crippen LogP contribution in [-0.2, 0) is 0 Å². The molecule has 0 saturated carbocycles. The summed E-state index contributed by atoms with van der Waals surface area (Å²) in [5.74, 6) is 0.146. The predicted octanol–water partition coefficient (Wildman–Crippen LogP) is 3.92. The van der Waals surface area contributed by atoms with Gasteiger partial charge < -0.3 is 0 Å². The highest BCUT2D eigenvalue weighted by atomic mass is 16.1. The van der Waals surface area contributed by atoms with Crippen LogP contribution in [0.4, 0.5) is 0 Å². The maximum atomic E-state index is 12.3. The van der Waals surface area contributed by atoms with Crippen LogP contribution in [-0.4, -0.2) is 10.8 Å². The minimum Gasteiger partial charge on any atom is -0.289 e. The summed E-state index contributed by atoms with van der Waals surface area (Å²) in [5.41, 5.74) is 2.60. The van der Waals surface area contributed by atoms with Crippen LogP contribution in [0.3, 0.4) is 0 Å². The molecule has 90 valence electrons. The number of ketones is 1. The average molecular weight is 237 g/mol. The molecule has 0 aliphatic heterocycles. The number of allylic oxidation sites excluding steroid dienone is 2. The monoisotopic (exact) mass is 237 g/mol. The van der Waals surface area contributed by atoms with E-state index in [9.17, 15) is 4.79 Å². The molecule has 0 unspecified atom stereocenters. The fourth-order valence-corrected chi connectivity index (χ4v) is 2.42. The van der Waals surface area contributed by atoms with E-state index in [1.165, 1.54) is 6.42 Å². The van der Waals surface area contributed by atoms with Gasteiger partial charge in [0.05, 0.1) is 5.52 Å². The first-order valence-electron chi connectivity index (χ1n) is 6.43. The number of nitrogens with zero attached hydrogens (tertiary/aromatic N) is 1. The van der Waals surface area contributed by atoms with Crippen molar-refractivity contribution in [3.63, 3.8) is 0 Å². The van der Waals surface area contributed by atoms with Gasteiger partial charge in [0.2, 0.25) is 0 Å². The van der Waals surface area contributed by atoms with E-state index in [2.05, 4.69) is 11.1 Å². The molecular weight excluding hydrogens is 222 g/mol. The lowest BCUT2D eigenvalue weighted by molar-refractivity contribution is 0.102. The van der Waals surface area contributed by atoms with Crippen molar-refractivity contribution in [2.75, 3.05) is 0 Å². The number of carbonyl (C=O) groups is 1. The molecule has 1 aliphatic carbocycles. The molecule has 1 aliphatic rings. The molecule has 18 heavy (non-hydrogen) atoms. The Morgan fingerprint density at radius 3 is 2.89 bits per heavy atom. The summed E-state index contributed by atoms with van der Waals surface area (Å²) in [6.45, 7) is 0. The summed E-state index contributed by atoms with van der Waals surface area (Å²) in [7, 11) is 0. The van der Waals surface area contributed by atoms with E-state index in [-0.39, 0.29) is 5.78 Å². The van der Waals surface area contributed by atoms with Crippen LogP contribution in [0.5, 0.6) is 0 Å². The Morgan fingerprint density at radius 1 is 1.17 bits per heavy atom. The van der Waals surface area contributed by atoms with Crippen molar-refractivity contribution in [1.29, 1.82) is 0 Å². The largest absolute Gasteiger partial charge is 0.289 e. The Balaban J connectivity index is 1.98. The summed E-state index contributed by atoms with van der Waals surface area (Å²) in [4.78, 5) is 16.7. The normalized spacial score (nSPS) is 15.4. The van der Waals surface area contributed by atoms with Gasteiger partial charge in [-0.05, 0) is 43.4 Å². The van der Waals surface area contributed by atoms with E-state index in [0.717, 1.165) is 35.7 Å². The van der Waals surface area contributed by atoms with Gasteiger partial charge in [-0.25, -0.2) is 0 Å². The number of aromatic nitrogens is 1. The van der Waals surface area contributed by atoms with Gasteiger partial charge in [0, 0.05) is 17.1 Å². The van der Waals surface area contributed by atoms with E-state index in [1.807, 2.05) is 30.3 Å².